The number of sulfonamides is 1. The SMILES string of the molecule is Cc1ccc(S(=O)(=O)NCCNCc2ccccc2F)cc1. The standard InChI is InChI=1S/C16H19FN2O2S/c1-13-6-8-15(9-7-13)22(20,21)19-11-10-18-12-14-4-2-3-5-16(14)17/h2-9,18-19H,10-12H2,1H3. The molecule has 2 N–H and O–H groups in total. The van der Waals surface area contributed by atoms with Crippen molar-refractivity contribution in [2.45, 2.75) is 18.4 Å². The Balaban J connectivity index is 1.79. The summed E-state index contributed by atoms with van der Waals surface area (Å²) in [6, 6.07) is 13.1. The van der Waals surface area contributed by atoms with Crippen LogP contribution in [0.1, 0.15) is 11.1 Å². The van der Waals surface area contributed by atoms with Gasteiger partial charge < -0.3 is 5.32 Å². The van der Waals surface area contributed by atoms with Gasteiger partial charge in [-0.3, -0.25) is 0 Å². The van der Waals surface area contributed by atoms with Gasteiger partial charge in [-0.2, -0.15) is 0 Å². The summed E-state index contributed by atoms with van der Waals surface area (Å²) >= 11 is 0. The highest BCUT2D eigenvalue weighted by atomic mass is 32.2. The fourth-order valence-electron chi connectivity index (χ4n) is 1.94. The normalized spacial score (nSPS) is 11.5. The molecule has 0 unspecified atom stereocenters. The molecule has 0 saturated carbocycles. The monoisotopic (exact) mass is 322 g/mol. The third-order valence-corrected chi connectivity index (χ3v) is 4.68. The molecule has 0 aliphatic rings. The topological polar surface area (TPSA) is 58.2 Å². The zero-order chi connectivity index (χ0) is 16.0. The smallest absolute Gasteiger partial charge is 0.240 e. The summed E-state index contributed by atoms with van der Waals surface area (Å²) in [5.74, 6) is -0.268. The van der Waals surface area contributed by atoms with E-state index in [0.29, 0.717) is 18.7 Å². The molecule has 2 rings (SSSR count). The Morgan fingerprint density at radius 2 is 1.68 bits per heavy atom. The summed E-state index contributed by atoms with van der Waals surface area (Å²) in [6.07, 6.45) is 0. The Labute approximate surface area is 130 Å². The Morgan fingerprint density at radius 1 is 1.00 bits per heavy atom. The van der Waals surface area contributed by atoms with Crippen LogP contribution in [-0.2, 0) is 16.6 Å². The van der Waals surface area contributed by atoms with E-state index in [2.05, 4.69) is 10.0 Å². The van der Waals surface area contributed by atoms with Gasteiger partial charge in [-0.1, -0.05) is 35.9 Å². The van der Waals surface area contributed by atoms with E-state index in [-0.39, 0.29) is 17.3 Å². The Hall–Kier alpha value is -1.76. The fourth-order valence-corrected chi connectivity index (χ4v) is 2.97. The highest BCUT2D eigenvalue weighted by Gasteiger charge is 2.12. The van der Waals surface area contributed by atoms with Crippen LogP contribution in [0.15, 0.2) is 53.4 Å². The lowest BCUT2D eigenvalue weighted by atomic mass is 10.2. The molecule has 0 atom stereocenters. The number of nitrogens with one attached hydrogen (secondary N) is 2. The largest absolute Gasteiger partial charge is 0.311 e. The van der Waals surface area contributed by atoms with Crippen molar-refractivity contribution in [1.29, 1.82) is 0 Å². The van der Waals surface area contributed by atoms with E-state index < -0.39 is 10.0 Å². The van der Waals surface area contributed by atoms with Gasteiger partial charge in [0.05, 0.1) is 4.90 Å². The van der Waals surface area contributed by atoms with Crippen molar-refractivity contribution in [2.24, 2.45) is 0 Å². The van der Waals surface area contributed by atoms with Gasteiger partial charge in [-0.05, 0) is 25.1 Å². The molecule has 6 heteroatoms. The molecule has 0 aromatic heterocycles. The van der Waals surface area contributed by atoms with Crippen LogP contribution in [-0.4, -0.2) is 21.5 Å². The average Bonchev–Trinajstić information content (AvgIpc) is 2.49. The molecular weight excluding hydrogens is 303 g/mol. The molecule has 22 heavy (non-hydrogen) atoms. The van der Waals surface area contributed by atoms with Crippen molar-refractivity contribution in [1.82, 2.24) is 10.0 Å². The van der Waals surface area contributed by atoms with Gasteiger partial charge in [0.1, 0.15) is 5.82 Å². The highest BCUT2D eigenvalue weighted by Crippen LogP contribution is 2.09. The fraction of sp³-hybridized carbons (Fsp3) is 0.250. The van der Waals surface area contributed by atoms with Crippen molar-refractivity contribution in [3.8, 4) is 0 Å². The van der Waals surface area contributed by atoms with E-state index in [1.165, 1.54) is 6.07 Å². The van der Waals surface area contributed by atoms with Gasteiger partial charge >= 0.3 is 0 Å². The van der Waals surface area contributed by atoms with Gasteiger partial charge in [0.2, 0.25) is 10.0 Å². The quantitative estimate of drug-likeness (QED) is 0.768. The first-order valence-electron chi connectivity index (χ1n) is 6.99. The lowest BCUT2D eigenvalue weighted by Crippen LogP contribution is -2.31. The van der Waals surface area contributed by atoms with Crippen LogP contribution in [0.25, 0.3) is 0 Å². The van der Waals surface area contributed by atoms with E-state index in [4.69, 9.17) is 0 Å². The number of hydrogen-bond acceptors (Lipinski definition) is 3. The molecule has 0 fully saturated rings. The van der Waals surface area contributed by atoms with E-state index in [1.807, 2.05) is 6.92 Å². The van der Waals surface area contributed by atoms with Crippen molar-refractivity contribution in [2.75, 3.05) is 13.1 Å². The van der Waals surface area contributed by atoms with Crippen LogP contribution in [0.5, 0.6) is 0 Å². The van der Waals surface area contributed by atoms with Crippen molar-refractivity contribution < 1.29 is 12.8 Å². The van der Waals surface area contributed by atoms with E-state index in [0.717, 1.165) is 5.56 Å². The Bertz CT molecular complexity index is 715. The second-order valence-corrected chi connectivity index (χ2v) is 6.75. The molecule has 0 aliphatic heterocycles. The molecule has 2 aromatic rings. The minimum absolute atomic E-state index is 0.241. The Kier molecular flexibility index (Phi) is 5.65. The number of benzene rings is 2. The van der Waals surface area contributed by atoms with Crippen molar-refractivity contribution in [3.63, 3.8) is 0 Å². The molecule has 0 spiro atoms. The van der Waals surface area contributed by atoms with Gasteiger partial charge in [-0.15, -0.1) is 0 Å². The summed E-state index contributed by atoms with van der Waals surface area (Å²) in [7, 11) is -3.49. The molecule has 0 radical (unpaired) electrons. The third-order valence-electron chi connectivity index (χ3n) is 3.20. The minimum atomic E-state index is -3.49. The van der Waals surface area contributed by atoms with E-state index in [9.17, 15) is 12.8 Å². The summed E-state index contributed by atoms with van der Waals surface area (Å²) in [5.41, 5.74) is 1.56. The van der Waals surface area contributed by atoms with Crippen LogP contribution >= 0.6 is 0 Å². The first kappa shape index (κ1) is 16.6. The van der Waals surface area contributed by atoms with Gasteiger partial charge in [-0.25, -0.2) is 17.5 Å². The molecule has 0 heterocycles. The van der Waals surface area contributed by atoms with Crippen LogP contribution < -0.4 is 10.0 Å². The zero-order valence-electron chi connectivity index (χ0n) is 12.3. The van der Waals surface area contributed by atoms with Crippen LogP contribution in [0, 0.1) is 12.7 Å². The second-order valence-electron chi connectivity index (χ2n) is 4.98. The minimum Gasteiger partial charge on any atom is -0.311 e. The van der Waals surface area contributed by atoms with Crippen LogP contribution in [0.4, 0.5) is 4.39 Å². The maximum atomic E-state index is 13.4. The molecule has 0 aliphatic carbocycles. The maximum Gasteiger partial charge on any atom is 0.240 e. The van der Waals surface area contributed by atoms with Crippen LogP contribution in [0.3, 0.4) is 0 Å². The lowest BCUT2D eigenvalue weighted by Gasteiger charge is -2.08. The number of halogens is 1. The van der Waals surface area contributed by atoms with Crippen molar-refractivity contribution in [3.05, 3.63) is 65.5 Å². The molecule has 0 amide bonds. The van der Waals surface area contributed by atoms with Crippen molar-refractivity contribution >= 4 is 10.0 Å². The summed E-state index contributed by atoms with van der Waals surface area (Å²) in [6.45, 7) is 2.92. The van der Waals surface area contributed by atoms with Gasteiger partial charge in [0, 0.05) is 25.2 Å². The molecule has 118 valence electrons. The number of hydrogen-bond donors (Lipinski definition) is 2. The second kappa shape index (κ2) is 7.49. The molecule has 0 bridgehead atoms. The zero-order valence-corrected chi connectivity index (χ0v) is 13.2. The molecular formula is C16H19FN2O2S. The Morgan fingerprint density at radius 3 is 2.36 bits per heavy atom. The molecule has 4 nitrogen and oxygen atoms in total. The first-order chi connectivity index (χ1) is 10.5. The lowest BCUT2D eigenvalue weighted by molar-refractivity contribution is 0.568. The average molecular weight is 322 g/mol. The highest BCUT2D eigenvalue weighted by molar-refractivity contribution is 7.89. The van der Waals surface area contributed by atoms with E-state index >= 15 is 0 Å². The van der Waals surface area contributed by atoms with E-state index in [1.54, 1.807) is 42.5 Å². The maximum absolute atomic E-state index is 13.4. The molecule has 2 aromatic carbocycles. The summed E-state index contributed by atoms with van der Waals surface area (Å²) in [5, 5.41) is 3.01. The van der Waals surface area contributed by atoms with Crippen LogP contribution in [0.2, 0.25) is 0 Å². The summed E-state index contributed by atoms with van der Waals surface area (Å²) in [4.78, 5) is 0.243. The number of aryl methyl sites for hydroxylation is 1. The number of rotatable bonds is 7. The van der Waals surface area contributed by atoms with Gasteiger partial charge in [0.15, 0.2) is 0 Å². The third kappa shape index (κ3) is 4.62. The summed E-state index contributed by atoms with van der Waals surface area (Å²) < 4.78 is 40.0. The predicted molar refractivity (Wildman–Crippen MR) is 84.5 cm³/mol. The van der Waals surface area contributed by atoms with Gasteiger partial charge in [0.25, 0.3) is 0 Å². The molecule has 0 saturated heterocycles. The first-order valence-corrected chi connectivity index (χ1v) is 8.48. The predicted octanol–water partition coefficient (Wildman–Crippen LogP) is 2.20.